The van der Waals surface area contributed by atoms with Gasteiger partial charge in [-0.15, -0.1) is 0 Å². The second-order valence-electron chi connectivity index (χ2n) is 7.92. The lowest BCUT2D eigenvalue weighted by atomic mass is 9.99. The highest BCUT2D eigenvalue weighted by Crippen LogP contribution is 2.25. The third-order valence-corrected chi connectivity index (χ3v) is 4.93. The Kier molecular flexibility index (Phi) is 6.32. The number of nitrogens with one attached hydrogen (secondary N) is 2. The molecular formula is C22H30N4O. The molecule has 0 aliphatic carbocycles. The Hall–Kier alpha value is -2.56. The molecule has 1 aromatic heterocycles. The average molecular weight is 367 g/mol. The van der Waals surface area contributed by atoms with Gasteiger partial charge in [0.05, 0.1) is 11.9 Å². The van der Waals surface area contributed by atoms with Gasteiger partial charge in [-0.3, -0.25) is 4.79 Å². The number of carbonyl (C=O) groups is 1. The van der Waals surface area contributed by atoms with E-state index in [1.807, 2.05) is 26.0 Å². The molecule has 1 saturated heterocycles. The molecule has 1 aromatic carbocycles. The first-order chi connectivity index (χ1) is 13.0. The van der Waals surface area contributed by atoms with Crippen LogP contribution in [-0.4, -0.2) is 24.0 Å². The number of benzene rings is 1. The normalized spacial score (nSPS) is 15.0. The van der Waals surface area contributed by atoms with E-state index in [0.717, 1.165) is 36.2 Å². The summed E-state index contributed by atoms with van der Waals surface area (Å²) in [5, 5.41) is 6.19. The maximum absolute atomic E-state index is 11.8. The van der Waals surface area contributed by atoms with Crippen LogP contribution >= 0.6 is 0 Å². The molecule has 2 N–H and O–H groups in total. The topological polar surface area (TPSA) is 57.3 Å². The van der Waals surface area contributed by atoms with E-state index in [2.05, 4.69) is 51.7 Å². The molecule has 5 heteroatoms. The van der Waals surface area contributed by atoms with Crippen molar-refractivity contribution < 1.29 is 4.79 Å². The summed E-state index contributed by atoms with van der Waals surface area (Å²) in [5.41, 5.74) is 3.01. The lowest BCUT2D eigenvalue weighted by molar-refractivity contribution is -0.116. The molecule has 0 saturated carbocycles. The van der Waals surface area contributed by atoms with Gasteiger partial charge in [-0.1, -0.05) is 20.8 Å². The average Bonchev–Trinajstić information content (AvgIpc) is 2.64. The zero-order valence-corrected chi connectivity index (χ0v) is 16.5. The van der Waals surface area contributed by atoms with E-state index < -0.39 is 0 Å². The predicted molar refractivity (Wildman–Crippen MR) is 113 cm³/mol. The second-order valence-corrected chi connectivity index (χ2v) is 7.92. The fourth-order valence-corrected chi connectivity index (χ4v) is 3.29. The van der Waals surface area contributed by atoms with E-state index in [9.17, 15) is 4.79 Å². The molecule has 0 spiro atoms. The number of pyridine rings is 1. The van der Waals surface area contributed by atoms with E-state index in [0.29, 0.717) is 12.3 Å². The van der Waals surface area contributed by atoms with Crippen molar-refractivity contribution in [2.24, 2.45) is 11.8 Å². The summed E-state index contributed by atoms with van der Waals surface area (Å²) in [6.07, 6.45) is 4.74. The van der Waals surface area contributed by atoms with Crippen molar-refractivity contribution in [2.45, 2.75) is 40.0 Å². The third kappa shape index (κ3) is 5.71. The maximum Gasteiger partial charge on any atom is 0.224 e. The van der Waals surface area contributed by atoms with Crippen LogP contribution in [0, 0.1) is 11.8 Å². The van der Waals surface area contributed by atoms with Gasteiger partial charge in [-0.25, -0.2) is 4.98 Å². The Morgan fingerprint density at radius 1 is 1.11 bits per heavy atom. The molecular weight excluding hydrogens is 336 g/mol. The molecule has 0 unspecified atom stereocenters. The Morgan fingerprint density at radius 2 is 1.78 bits per heavy atom. The molecule has 27 heavy (non-hydrogen) atoms. The molecule has 2 aromatic rings. The van der Waals surface area contributed by atoms with E-state index in [1.54, 1.807) is 6.20 Å². The molecule has 0 radical (unpaired) electrons. The van der Waals surface area contributed by atoms with Gasteiger partial charge >= 0.3 is 0 Å². The van der Waals surface area contributed by atoms with Crippen molar-refractivity contribution in [3.8, 4) is 0 Å². The van der Waals surface area contributed by atoms with Gasteiger partial charge in [0, 0.05) is 30.9 Å². The summed E-state index contributed by atoms with van der Waals surface area (Å²) < 4.78 is 0. The van der Waals surface area contributed by atoms with Crippen LogP contribution in [0.1, 0.15) is 40.0 Å². The molecule has 3 rings (SSSR count). The lowest BCUT2D eigenvalue weighted by Crippen LogP contribution is -2.32. The van der Waals surface area contributed by atoms with E-state index in [1.165, 1.54) is 18.5 Å². The van der Waals surface area contributed by atoms with Crippen molar-refractivity contribution in [3.05, 3.63) is 42.6 Å². The number of piperidine rings is 1. The quantitative estimate of drug-likeness (QED) is 0.751. The third-order valence-electron chi connectivity index (χ3n) is 4.93. The van der Waals surface area contributed by atoms with Crippen LogP contribution in [0.2, 0.25) is 0 Å². The van der Waals surface area contributed by atoms with E-state index in [-0.39, 0.29) is 5.91 Å². The zero-order chi connectivity index (χ0) is 19.2. The maximum atomic E-state index is 11.8. The monoisotopic (exact) mass is 366 g/mol. The van der Waals surface area contributed by atoms with Gasteiger partial charge in [0.2, 0.25) is 5.91 Å². The highest BCUT2D eigenvalue weighted by molar-refractivity contribution is 5.90. The number of carbonyl (C=O) groups excluding carboxylic acids is 1. The molecule has 1 aliphatic heterocycles. The number of hydrogen-bond acceptors (Lipinski definition) is 4. The summed E-state index contributed by atoms with van der Waals surface area (Å²) in [4.78, 5) is 18.7. The van der Waals surface area contributed by atoms with E-state index >= 15 is 0 Å². The summed E-state index contributed by atoms with van der Waals surface area (Å²) >= 11 is 0. The number of rotatable bonds is 6. The van der Waals surface area contributed by atoms with Gasteiger partial charge in [0.25, 0.3) is 0 Å². The van der Waals surface area contributed by atoms with Crippen LogP contribution in [0.4, 0.5) is 22.9 Å². The van der Waals surface area contributed by atoms with Crippen LogP contribution in [0.3, 0.4) is 0 Å². The second kappa shape index (κ2) is 8.89. The van der Waals surface area contributed by atoms with Gasteiger partial charge in [-0.2, -0.15) is 0 Å². The van der Waals surface area contributed by atoms with Crippen LogP contribution in [-0.2, 0) is 4.79 Å². The number of aromatic nitrogens is 1. The summed E-state index contributed by atoms with van der Waals surface area (Å²) in [7, 11) is 0. The summed E-state index contributed by atoms with van der Waals surface area (Å²) in [6, 6.07) is 12.3. The molecule has 0 atom stereocenters. The zero-order valence-electron chi connectivity index (χ0n) is 16.5. The van der Waals surface area contributed by atoms with Gasteiger partial charge in [0.1, 0.15) is 5.82 Å². The van der Waals surface area contributed by atoms with Crippen molar-refractivity contribution in [2.75, 3.05) is 28.6 Å². The minimum atomic E-state index is 0.0233. The smallest absolute Gasteiger partial charge is 0.224 e. The van der Waals surface area contributed by atoms with Crippen LogP contribution in [0.15, 0.2) is 42.6 Å². The SMILES string of the molecule is CC(C)CC(=O)Nc1ccc(Nc2ccc(N3CCC(C)CC3)cc2)nc1. The molecule has 1 aliphatic rings. The van der Waals surface area contributed by atoms with Crippen LogP contribution in [0.25, 0.3) is 0 Å². The van der Waals surface area contributed by atoms with Crippen molar-refractivity contribution in [1.29, 1.82) is 0 Å². The van der Waals surface area contributed by atoms with Crippen molar-refractivity contribution >= 4 is 28.8 Å². The summed E-state index contributed by atoms with van der Waals surface area (Å²) in [6.45, 7) is 8.67. The number of hydrogen-bond donors (Lipinski definition) is 2. The standard InChI is InChI=1S/C22H30N4O/c1-16(2)14-22(27)25-19-6-9-21(23-15-19)24-18-4-7-20(8-5-18)26-12-10-17(3)11-13-26/h4-9,15-17H,10-14H2,1-3H3,(H,23,24)(H,25,27). The summed E-state index contributed by atoms with van der Waals surface area (Å²) in [5.74, 6) is 1.97. The van der Waals surface area contributed by atoms with Crippen LogP contribution in [0.5, 0.6) is 0 Å². The molecule has 2 heterocycles. The van der Waals surface area contributed by atoms with Gasteiger partial charge in [0.15, 0.2) is 0 Å². The highest BCUT2D eigenvalue weighted by Gasteiger charge is 2.15. The first kappa shape index (κ1) is 19.2. The van der Waals surface area contributed by atoms with Crippen molar-refractivity contribution in [3.63, 3.8) is 0 Å². The first-order valence-electron chi connectivity index (χ1n) is 9.87. The fraction of sp³-hybridized carbons (Fsp3) is 0.455. The minimum absolute atomic E-state index is 0.0233. The molecule has 0 bridgehead atoms. The Labute approximate surface area is 162 Å². The number of nitrogens with zero attached hydrogens (tertiary/aromatic N) is 2. The van der Waals surface area contributed by atoms with E-state index in [4.69, 9.17) is 0 Å². The molecule has 5 nitrogen and oxygen atoms in total. The highest BCUT2D eigenvalue weighted by atomic mass is 16.1. The Morgan fingerprint density at radius 3 is 2.37 bits per heavy atom. The number of amides is 1. The fourth-order valence-electron chi connectivity index (χ4n) is 3.29. The van der Waals surface area contributed by atoms with Gasteiger partial charge in [-0.05, 0) is 61.1 Å². The van der Waals surface area contributed by atoms with Gasteiger partial charge < -0.3 is 15.5 Å². The van der Waals surface area contributed by atoms with Crippen LogP contribution < -0.4 is 15.5 Å². The molecule has 1 fully saturated rings. The Bertz CT molecular complexity index is 732. The lowest BCUT2D eigenvalue weighted by Gasteiger charge is -2.32. The first-order valence-corrected chi connectivity index (χ1v) is 9.87. The van der Waals surface area contributed by atoms with Crippen molar-refractivity contribution in [1.82, 2.24) is 4.98 Å². The predicted octanol–water partition coefficient (Wildman–Crippen LogP) is 5.05. The molecule has 144 valence electrons. The largest absolute Gasteiger partial charge is 0.372 e. The minimum Gasteiger partial charge on any atom is -0.372 e. The molecule has 1 amide bonds. The number of anilines is 4. The Balaban J connectivity index is 1.55.